The van der Waals surface area contributed by atoms with E-state index in [1.165, 1.54) is 0 Å². The van der Waals surface area contributed by atoms with Gasteiger partial charge in [0.1, 0.15) is 5.15 Å². The molecule has 2 aliphatic heterocycles. The van der Waals surface area contributed by atoms with Crippen molar-refractivity contribution < 1.29 is 9.59 Å². The van der Waals surface area contributed by atoms with Crippen LogP contribution in [-0.4, -0.2) is 71.0 Å². The summed E-state index contributed by atoms with van der Waals surface area (Å²) in [5.41, 5.74) is 3.10. The van der Waals surface area contributed by atoms with Crippen molar-refractivity contribution in [3.05, 3.63) is 58.4 Å². The Kier molecular flexibility index (Phi) is 9.08. The molecule has 0 spiro atoms. The number of aromatic nitrogens is 1. The lowest BCUT2D eigenvalue weighted by molar-refractivity contribution is 0.0887. The van der Waals surface area contributed by atoms with Crippen LogP contribution in [0.2, 0.25) is 5.15 Å². The molecule has 37 heavy (non-hydrogen) atoms. The Bertz CT molecular complexity index is 1060. The number of carbonyl (C=O) groups excluding carboxylic acids is 2. The fraction of sp³-hybridized carbons (Fsp3) is 0.552. The maximum absolute atomic E-state index is 13.5. The number of anilines is 1. The highest BCUT2D eigenvalue weighted by molar-refractivity contribution is 6.29. The van der Waals surface area contributed by atoms with E-state index < -0.39 is 0 Å². The Hall–Kier alpha value is -2.64. The molecule has 1 aromatic heterocycles. The van der Waals surface area contributed by atoms with Gasteiger partial charge in [-0.15, -0.1) is 0 Å². The number of pyridine rings is 1. The minimum absolute atomic E-state index is 0.0949. The van der Waals surface area contributed by atoms with Crippen molar-refractivity contribution in [3.8, 4) is 0 Å². The Morgan fingerprint density at radius 3 is 2.54 bits per heavy atom. The van der Waals surface area contributed by atoms with Crippen LogP contribution in [0.25, 0.3) is 0 Å². The van der Waals surface area contributed by atoms with Crippen molar-refractivity contribution >= 4 is 29.2 Å². The van der Waals surface area contributed by atoms with Gasteiger partial charge in [0, 0.05) is 44.0 Å². The first kappa shape index (κ1) is 27.4. The molecule has 7 nitrogen and oxygen atoms in total. The molecule has 3 amide bonds. The van der Waals surface area contributed by atoms with E-state index >= 15 is 0 Å². The third-order valence-electron chi connectivity index (χ3n) is 7.89. The summed E-state index contributed by atoms with van der Waals surface area (Å²) < 4.78 is 0. The second-order valence-corrected chi connectivity index (χ2v) is 10.8. The summed E-state index contributed by atoms with van der Waals surface area (Å²) in [5.74, 6) is -0.0949. The van der Waals surface area contributed by atoms with Crippen molar-refractivity contribution in [2.75, 3.05) is 31.1 Å². The number of aryl methyl sites for hydroxylation is 2. The van der Waals surface area contributed by atoms with Gasteiger partial charge >= 0.3 is 6.03 Å². The van der Waals surface area contributed by atoms with Gasteiger partial charge < -0.3 is 15.1 Å². The molecule has 8 heteroatoms. The number of rotatable bonds is 9. The number of likely N-dealkylation sites (tertiary alicyclic amines) is 1. The molecule has 2 saturated heterocycles. The minimum atomic E-state index is -0.0949. The van der Waals surface area contributed by atoms with Crippen molar-refractivity contribution in [2.24, 2.45) is 0 Å². The number of carbonyl (C=O) groups is 2. The molecular weight excluding hydrogens is 486 g/mol. The number of amides is 3. The molecule has 2 aromatic rings. The number of para-hydroxylation sites is 1. The predicted octanol–water partition coefficient (Wildman–Crippen LogP) is 5.44. The van der Waals surface area contributed by atoms with Gasteiger partial charge in [-0.25, -0.2) is 9.78 Å². The van der Waals surface area contributed by atoms with Gasteiger partial charge in [-0.05, 0) is 70.2 Å². The Morgan fingerprint density at radius 1 is 1.19 bits per heavy atom. The standard InChI is InChI=1S/C29H40ClN5O2/c1-5-9-25-19-34(23-10-7-6-8-11-23)29(37)35(25)24-13-16-33(17-14-24)21(3)12-15-31-28(36)27-20(2)18-26(30)32-22(27)4/h6-8,10-11,18,21,24-25H,5,9,12-17,19H2,1-4H3,(H,31,36). The second-order valence-electron chi connectivity index (χ2n) is 10.5. The Labute approximate surface area is 226 Å². The molecule has 200 valence electrons. The average molecular weight is 526 g/mol. The number of piperidine rings is 1. The molecule has 1 aromatic carbocycles. The molecule has 0 bridgehead atoms. The number of benzene rings is 1. The lowest BCUT2D eigenvalue weighted by atomic mass is 9.99. The van der Waals surface area contributed by atoms with Gasteiger partial charge in [-0.1, -0.05) is 43.1 Å². The topological polar surface area (TPSA) is 68.8 Å². The van der Waals surface area contributed by atoms with E-state index in [4.69, 9.17) is 11.6 Å². The minimum Gasteiger partial charge on any atom is -0.352 e. The van der Waals surface area contributed by atoms with Gasteiger partial charge in [0.15, 0.2) is 0 Å². The van der Waals surface area contributed by atoms with E-state index in [1.807, 2.05) is 49.1 Å². The zero-order valence-corrected chi connectivity index (χ0v) is 23.3. The zero-order chi connectivity index (χ0) is 26.5. The first-order valence-corrected chi connectivity index (χ1v) is 14.0. The third kappa shape index (κ3) is 6.27. The molecule has 3 heterocycles. The number of urea groups is 1. The highest BCUT2D eigenvalue weighted by Crippen LogP contribution is 2.31. The summed E-state index contributed by atoms with van der Waals surface area (Å²) in [7, 11) is 0. The smallest absolute Gasteiger partial charge is 0.325 e. The molecule has 2 fully saturated rings. The van der Waals surface area contributed by atoms with Crippen molar-refractivity contribution in [1.82, 2.24) is 20.1 Å². The second kappa shape index (κ2) is 12.3. The molecule has 0 radical (unpaired) electrons. The fourth-order valence-electron chi connectivity index (χ4n) is 5.91. The first-order chi connectivity index (χ1) is 17.8. The molecule has 1 N–H and O–H groups in total. The molecule has 2 unspecified atom stereocenters. The third-order valence-corrected chi connectivity index (χ3v) is 8.08. The van der Waals surface area contributed by atoms with Gasteiger partial charge in [0.05, 0.1) is 17.3 Å². The van der Waals surface area contributed by atoms with E-state index in [9.17, 15) is 9.59 Å². The Balaban J connectivity index is 1.29. The average Bonchev–Trinajstić information content (AvgIpc) is 3.19. The van der Waals surface area contributed by atoms with Crippen LogP contribution in [0.15, 0.2) is 36.4 Å². The van der Waals surface area contributed by atoms with Crippen LogP contribution >= 0.6 is 11.6 Å². The van der Waals surface area contributed by atoms with Crippen LogP contribution in [0, 0.1) is 13.8 Å². The predicted molar refractivity (Wildman–Crippen MR) is 149 cm³/mol. The van der Waals surface area contributed by atoms with Crippen LogP contribution in [0.4, 0.5) is 10.5 Å². The Morgan fingerprint density at radius 2 is 1.89 bits per heavy atom. The fourth-order valence-corrected chi connectivity index (χ4v) is 6.20. The van der Waals surface area contributed by atoms with Gasteiger partial charge in [0.2, 0.25) is 0 Å². The van der Waals surface area contributed by atoms with Gasteiger partial charge in [-0.2, -0.15) is 0 Å². The van der Waals surface area contributed by atoms with E-state index in [2.05, 4.69) is 33.9 Å². The molecule has 4 rings (SSSR count). The maximum Gasteiger partial charge on any atom is 0.325 e. The summed E-state index contributed by atoms with van der Waals surface area (Å²) in [6.45, 7) is 11.4. The van der Waals surface area contributed by atoms with Crippen LogP contribution in [0.1, 0.15) is 67.6 Å². The summed E-state index contributed by atoms with van der Waals surface area (Å²) in [5, 5.41) is 3.47. The first-order valence-electron chi connectivity index (χ1n) is 13.6. The van der Waals surface area contributed by atoms with E-state index in [-0.39, 0.29) is 24.0 Å². The van der Waals surface area contributed by atoms with Gasteiger partial charge in [-0.3, -0.25) is 9.69 Å². The molecule has 2 aliphatic rings. The normalized spacial score (nSPS) is 19.9. The lowest BCUT2D eigenvalue weighted by Gasteiger charge is -2.41. The quantitative estimate of drug-likeness (QED) is 0.443. The summed E-state index contributed by atoms with van der Waals surface area (Å²) in [4.78, 5) is 37.1. The summed E-state index contributed by atoms with van der Waals surface area (Å²) in [6, 6.07) is 12.8. The number of halogens is 1. The van der Waals surface area contributed by atoms with Crippen LogP contribution in [-0.2, 0) is 0 Å². The van der Waals surface area contributed by atoms with E-state index in [0.29, 0.717) is 29.0 Å². The van der Waals surface area contributed by atoms with Crippen LogP contribution in [0.3, 0.4) is 0 Å². The monoisotopic (exact) mass is 525 g/mol. The van der Waals surface area contributed by atoms with Crippen LogP contribution < -0.4 is 10.2 Å². The van der Waals surface area contributed by atoms with Crippen molar-refractivity contribution in [2.45, 2.75) is 77.9 Å². The number of hydrogen-bond donors (Lipinski definition) is 1. The highest BCUT2D eigenvalue weighted by atomic mass is 35.5. The number of nitrogens with one attached hydrogen (secondary N) is 1. The summed E-state index contributed by atoms with van der Waals surface area (Å²) >= 11 is 6.00. The SMILES string of the molecule is CCCC1CN(c2ccccc2)C(=O)N1C1CCN(C(C)CCNC(=O)c2c(C)cc(Cl)nc2C)CC1. The van der Waals surface area contributed by atoms with E-state index in [1.54, 1.807) is 6.07 Å². The largest absolute Gasteiger partial charge is 0.352 e. The van der Waals surface area contributed by atoms with Gasteiger partial charge in [0.25, 0.3) is 5.91 Å². The molecular formula is C29H40ClN5O2. The zero-order valence-electron chi connectivity index (χ0n) is 22.5. The van der Waals surface area contributed by atoms with Crippen LogP contribution in [0.5, 0.6) is 0 Å². The van der Waals surface area contributed by atoms with E-state index in [0.717, 1.165) is 63.0 Å². The maximum atomic E-state index is 13.5. The number of hydrogen-bond acceptors (Lipinski definition) is 4. The molecule has 0 saturated carbocycles. The van der Waals surface area contributed by atoms with Crippen molar-refractivity contribution in [3.63, 3.8) is 0 Å². The summed E-state index contributed by atoms with van der Waals surface area (Å²) in [6.07, 6.45) is 4.95. The molecule has 2 atom stereocenters. The molecule has 0 aliphatic carbocycles. The lowest BCUT2D eigenvalue weighted by Crippen LogP contribution is -2.51. The number of nitrogens with zero attached hydrogens (tertiary/aromatic N) is 4. The van der Waals surface area contributed by atoms with Crippen molar-refractivity contribution in [1.29, 1.82) is 0 Å². The highest BCUT2D eigenvalue weighted by Gasteiger charge is 2.42.